The van der Waals surface area contributed by atoms with E-state index in [1.54, 1.807) is 0 Å². The Bertz CT molecular complexity index is 1160. The number of Topliss-reactive ketones (excluding diaryl/α,β-unsaturated/α-hetero) is 1. The predicted octanol–water partition coefficient (Wildman–Crippen LogP) is 3.85. The average Bonchev–Trinajstić information content (AvgIpc) is 3.12. The third-order valence-corrected chi connectivity index (χ3v) is 5.56. The number of rotatable bonds is 4. The quantitative estimate of drug-likeness (QED) is 0.635. The van der Waals surface area contributed by atoms with Crippen LogP contribution in [0.5, 0.6) is 5.75 Å². The number of benzene rings is 2. The molecule has 29 heavy (non-hydrogen) atoms. The molecule has 0 fully saturated rings. The van der Waals surface area contributed by atoms with Crippen LogP contribution in [0, 0.1) is 0 Å². The van der Waals surface area contributed by atoms with Crippen LogP contribution in [0.1, 0.15) is 41.9 Å². The van der Waals surface area contributed by atoms with Crippen LogP contribution >= 0.6 is 0 Å². The molecular formula is C23H21N3O3. The summed E-state index contributed by atoms with van der Waals surface area (Å²) in [5.74, 6) is 1.06. The fraction of sp³-hybridized carbons (Fsp3) is 0.217. The number of ketones is 1. The zero-order chi connectivity index (χ0) is 19.8. The van der Waals surface area contributed by atoms with E-state index in [9.17, 15) is 9.59 Å². The van der Waals surface area contributed by atoms with Crippen molar-refractivity contribution >= 4 is 11.6 Å². The highest BCUT2D eigenvalue weighted by atomic mass is 16.5. The van der Waals surface area contributed by atoms with Gasteiger partial charge in [0, 0.05) is 23.6 Å². The molecule has 1 aliphatic carbocycles. The number of carbonyl (C=O) groups excluding carboxylic acids is 1. The van der Waals surface area contributed by atoms with Crippen molar-refractivity contribution in [2.45, 2.75) is 31.8 Å². The summed E-state index contributed by atoms with van der Waals surface area (Å²) in [7, 11) is 0. The smallest absolute Gasteiger partial charge is 0.270 e. The van der Waals surface area contributed by atoms with Crippen molar-refractivity contribution in [2.24, 2.45) is 0 Å². The van der Waals surface area contributed by atoms with E-state index in [0.29, 0.717) is 35.7 Å². The van der Waals surface area contributed by atoms with E-state index < -0.39 is 5.92 Å². The lowest BCUT2D eigenvalue weighted by atomic mass is 9.77. The van der Waals surface area contributed by atoms with Crippen molar-refractivity contribution in [2.75, 3.05) is 5.32 Å². The highest BCUT2D eigenvalue weighted by molar-refractivity contribution is 6.00. The van der Waals surface area contributed by atoms with Crippen molar-refractivity contribution in [3.05, 3.63) is 92.9 Å². The van der Waals surface area contributed by atoms with Gasteiger partial charge in [0.05, 0.1) is 5.56 Å². The molecule has 3 aromatic rings. The molecule has 0 unspecified atom stereocenters. The van der Waals surface area contributed by atoms with Crippen molar-refractivity contribution in [3.8, 4) is 5.75 Å². The Morgan fingerprint density at radius 3 is 2.69 bits per heavy atom. The first-order valence-electron chi connectivity index (χ1n) is 9.81. The molecule has 2 aliphatic rings. The summed E-state index contributed by atoms with van der Waals surface area (Å²) in [5.41, 5.74) is 3.92. The molecular weight excluding hydrogens is 366 g/mol. The van der Waals surface area contributed by atoms with Gasteiger partial charge < -0.3 is 10.1 Å². The Kier molecular flexibility index (Phi) is 4.31. The Morgan fingerprint density at radius 2 is 1.83 bits per heavy atom. The summed E-state index contributed by atoms with van der Waals surface area (Å²) < 4.78 is 5.98. The molecule has 1 aromatic heterocycles. The van der Waals surface area contributed by atoms with Crippen molar-refractivity contribution in [1.29, 1.82) is 0 Å². The lowest BCUT2D eigenvalue weighted by molar-refractivity contribution is -0.116. The second-order valence-electron chi connectivity index (χ2n) is 7.44. The first-order valence-corrected chi connectivity index (χ1v) is 9.81. The number of carbonyl (C=O) groups is 1. The van der Waals surface area contributed by atoms with Crippen molar-refractivity contribution in [3.63, 3.8) is 0 Å². The predicted molar refractivity (Wildman–Crippen MR) is 110 cm³/mol. The third-order valence-electron chi connectivity index (χ3n) is 5.56. The summed E-state index contributed by atoms with van der Waals surface area (Å²) in [4.78, 5) is 25.3. The molecule has 0 saturated heterocycles. The van der Waals surface area contributed by atoms with E-state index >= 15 is 0 Å². The van der Waals surface area contributed by atoms with Gasteiger partial charge in [0.2, 0.25) is 0 Å². The van der Waals surface area contributed by atoms with Crippen LogP contribution in [0.4, 0.5) is 5.82 Å². The van der Waals surface area contributed by atoms with Gasteiger partial charge in [-0.1, -0.05) is 42.5 Å². The van der Waals surface area contributed by atoms with E-state index in [0.717, 1.165) is 29.7 Å². The van der Waals surface area contributed by atoms with Crippen LogP contribution < -0.4 is 15.6 Å². The summed E-state index contributed by atoms with van der Waals surface area (Å²) in [6.07, 6.45) is 2.13. The Labute approximate surface area is 167 Å². The maximum absolute atomic E-state index is 12.8. The number of fused-ring (bicyclic) bond motifs is 1. The second-order valence-corrected chi connectivity index (χ2v) is 7.44. The molecule has 0 bridgehead atoms. The maximum atomic E-state index is 12.8. The van der Waals surface area contributed by atoms with Crippen molar-refractivity contribution < 1.29 is 9.53 Å². The summed E-state index contributed by atoms with van der Waals surface area (Å²) in [5, 5.41) is 8.81. The number of nitrogens with one attached hydrogen (secondary N) is 3. The number of anilines is 1. The van der Waals surface area contributed by atoms with Gasteiger partial charge in [0.15, 0.2) is 5.78 Å². The Balaban J connectivity index is 1.53. The third kappa shape index (κ3) is 3.16. The monoisotopic (exact) mass is 387 g/mol. The van der Waals surface area contributed by atoms with Crippen LogP contribution in [0.15, 0.2) is 70.7 Å². The lowest BCUT2D eigenvalue weighted by Gasteiger charge is -2.31. The fourth-order valence-electron chi connectivity index (χ4n) is 4.22. The number of aromatic amines is 2. The molecule has 6 heteroatoms. The number of ether oxygens (including phenoxy) is 1. The molecule has 1 atom stereocenters. The molecule has 0 spiro atoms. The molecule has 1 aliphatic heterocycles. The van der Waals surface area contributed by atoms with Gasteiger partial charge in [-0.2, -0.15) is 0 Å². The van der Waals surface area contributed by atoms with Gasteiger partial charge in [-0.3, -0.25) is 19.8 Å². The zero-order valence-electron chi connectivity index (χ0n) is 15.8. The largest absolute Gasteiger partial charge is 0.489 e. The maximum Gasteiger partial charge on any atom is 0.270 e. The molecule has 0 saturated carbocycles. The summed E-state index contributed by atoms with van der Waals surface area (Å²) >= 11 is 0. The van der Waals surface area contributed by atoms with Gasteiger partial charge in [0.1, 0.15) is 18.2 Å². The minimum absolute atomic E-state index is 0.102. The number of allylic oxidation sites excluding steroid dienone is 2. The van der Waals surface area contributed by atoms with Gasteiger partial charge in [0.25, 0.3) is 5.56 Å². The standard InChI is InChI=1S/C23H21N3O3/c27-18-11-5-10-17-20(18)19(21-22(24-17)25-26-23(21)28)15-8-4-9-16(12-15)29-13-14-6-2-1-3-7-14/h1-4,6-9,12,19H,5,10-11,13H2,(H3,24,25,26,28)/t19-/m1/s1. The topological polar surface area (TPSA) is 87.0 Å². The Hall–Kier alpha value is -3.54. The number of H-pyrrole nitrogens is 2. The molecule has 2 heterocycles. The SMILES string of the molecule is O=C1CCCC2=C1[C@@H](c1cccc(OCc3ccccc3)c1)c1c([nH][nH]c1=O)N2. The number of hydrogen-bond donors (Lipinski definition) is 3. The summed E-state index contributed by atoms with van der Waals surface area (Å²) in [6, 6.07) is 17.6. The molecule has 146 valence electrons. The number of aromatic nitrogens is 2. The van der Waals surface area contributed by atoms with E-state index in [1.807, 2.05) is 54.6 Å². The molecule has 0 radical (unpaired) electrons. The van der Waals surface area contributed by atoms with Gasteiger partial charge >= 0.3 is 0 Å². The molecule has 5 rings (SSSR count). The molecule has 3 N–H and O–H groups in total. The molecule has 6 nitrogen and oxygen atoms in total. The van der Waals surface area contributed by atoms with E-state index in [2.05, 4.69) is 15.5 Å². The second kappa shape index (κ2) is 7.13. The van der Waals surface area contributed by atoms with Crippen LogP contribution in [0.25, 0.3) is 0 Å². The van der Waals surface area contributed by atoms with Crippen molar-refractivity contribution in [1.82, 2.24) is 10.2 Å². The van der Waals surface area contributed by atoms with Crippen LogP contribution in [-0.4, -0.2) is 16.0 Å². The van der Waals surface area contributed by atoms with Gasteiger partial charge in [-0.25, -0.2) is 0 Å². The molecule has 0 amide bonds. The normalized spacial score (nSPS) is 18.1. The fourth-order valence-corrected chi connectivity index (χ4v) is 4.22. The minimum Gasteiger partial charge on any atom is -0.489 e. The summed E-state index contributed by atoms with van der Waals surface area (Å²) in [6.45, 7) is 0.458. The average molecular weight is 387 g/mol. The highest BCUT2D eigenvalue weighted by Gasteiger charge is 2.37. The van der Waals surface area contributed by atoms with Gasteiger partial charge in [-0.15, -0.1) is 0 Å². The van der Waals surface area contributed by atoms with Crippen LogP contribution in [0.2, 0.25) is 0 Å². The Morgan fingerprint density at radius 1 is 0.966 bits per heavy atom. The first kappa shape index (κ1) is 17.6. The minimum atomic E-state index is -0.399. The zero-order valence-corrected chi connectivity index (χ0v) is 15.8. The van der Waals surface area contributed by atoms with E-state index in [-0.39, 0.29) is 11.3 Å². The molecule has 2 aromatic carbocycles. The van der Waals surface area contributed by atoms with Crippen LogP contribution in [0.3, 0.4) is 0 Å². The van der Waals surface area contributed by atoms with E-state index in [4.69, 9.17) is 4.74 Å². The van der Waals surface area contributed by atoms with Gasteiger partial charge in [-0.05, 0) is 36.1 Å². The highest BCUT2D eigenvalue weighted by Crippen LogP contribution is 2.43. The first-order chi connectivity index (χ1) is 14.2. The van der Waals surface area contributed by atoms with E-state index in [1.165, 1.54) is 0 Å². The van der Waals surface area contributed by atoms with Crippen LogP contribution in [-0.2, 0) is 11.4 Å². The number of hydrogen-bond acceptors (Lipinski definition) is 4. The lowest BCUT2D eigenvalue weighted by Crippen LogP contribution is -2.29.